The van der Waals surface area contributed by atoms with Gasteiger partial charge >= 0.3 is 5.97 Å². The third-order valence-corrected chi connectivity index (χ3v) is 4.75. The van der Waals surface area contributed by atoms with Crippen LogP contribution in [0.15, 0.2) is 65.7 Å². The van der Waals surface area contributed by atoms with Gasteiger partial charge in [0.1, 0.15) is 5.25 Å². The van der Waals surface area contributed by atoms with Gasteiger partial charge in [0.05, 0.1) is 18.7 Å². The van der Waals surface area contributed by atoms with Crippen LogP contribution in [0.5, 0.6) is 0 Å². The average Bonchev–Trinajstić information content (AvgIpc) is 2.59. The van der Waals surface area contributed by atoms with Crippen LogP contribution in [0.3, 0.4) is 0 Å². The molecule has 2 aromatic rings. The Morgan fingerprint density at radius 1 is 1.12 bits per heavy atom. The lowest BCUT2D eigenvalue weighted by molar-refractivity contribution is -0.139. The highest BCUT2D eigenvalue weighted by Crippen LogP contribution is 2.30. The number of aliphatic imine (C=N–C) groups is 1. The number of benzene rings is 2. The Morgan fingerprint density at radius 2 is 1.75 bits per heavy atom. The lowest BCUT2D eigenvalue weighted by Gasteiger charge is -2.30. The van der Waals surface area contributed by atoms with Gasteiger partial charge in [-0.2, -0.15) is 0 Å². The molecule has 3 rings (SSSR count). The van der Waals surface area contributed by atoms with Gasteiger partial charge in [-0.25, -0.2) is 4.99 Å². The first kappa shape index (κ1) is 16.3. The molecule has 1 aliphatic heterocycles. The number of hydrogen-bond donors (Lipinski definition) is 1. The molecule has 1 N–H and O–H groups in total. The fourth-order valence-corrected chi connectivity index (χ4v) is 3.40. The maximum atomic E-state index is 12.5. The van der Waals surface area contributed by atoms with Crippen LogP contribution in [-0.2, 0) is 16.1 Å². The minimum atomic E-state index is -0.992. The molecule has 1 amide bonds. The van der Waals surface area contributed by atoms with Crippen molar-refractivity contribution in [1.29, 1.82) is 0 Å². The molecule has 6 heteroatoms. The number of aliphatic carboxylic acids is 1. The van der Waals surface area contributed by atoms with E-state index in [1.807, 2.05) is 60.7 Å². The fraction of sp³-hybridized carbons (Fsp3) is 0.167. The van der Waals surface area contributed by atoms with E-state index in [0.29, 0.717) is 17.4 Å². The summed E-state index contributed by atoms with van der Waals surface area (Å²) in [6.07, 6.45) is -0.0271. The minimum Gasteiger partial charge on any atom is -0.480 e. The van der Waals surface area contributed by atoms with Gasteiger partial charge in [0.2, 0.25) is 5.91 Å². The largest absolute Gasteiger partial charge is 0.480 e. The summed E-state index contributed by atoms with van der Waals surface area (Å²) >= 11 is 1.12. The molecule has 1 fully saturated rings. The molecule has 0 saturated carbocycles. The number of para-hydroxylation sites is 1. The molecule has 0 spiro atoms. The molecule has 1 aliphatic rings. The van der Waals surface area contributed by atoms with Crippen LogP contribution >= 0.6 is 11.8 Å². The number of carboxylic acids is 1. The van der Waals surface area contributed by atoms with Crippen LogP contribution in [0, 0.1) is 0 Å². The summed E-state index contributed by atoms with van der Waals surface area (Å²) in [7, 11) is 0. The number of amides is 1. The zero-order valence-corrected chi connectivity index (χ0v) is 13.6. The van der Waals surface area contributed by atoms with E-state index in [1.165, 1.54) is 0 Å². The highest BCUT2D eigenvalue weighted by molar-refractivity contribution is 8.15. The first-order valence-electron chi connectivity index (χ1n) is 7.51. The monoisotopic (exact) mass is 340 g/mol. The Kier molecular flexibility index (Phi) is 4.96. The predicted octanol–water partition coefficient (Wildman–Crippen LogP) is 3.29. The van der Waals surface area contributed by atoms with Crippen LogP contribution in [0.2, 0.25) is 0 Å². The van der Waals surface area contributed by atoms with Crippen molar-refractivity contribution < 1.29 is 14.7 Å². The fourth-order valence-electron chi connectivity index (χ4n) is 2.37. The van der Waals surface area contributed by atoms with Crippen molar-refractivity contribution in [2.24, 2.45) is 4.99 Å². The molecule has 24 heavy (non-hydrogen) atoms. The number of carboxylic acid groups (broad SMARTS) is 1. The Bertz CT molecular complexity index is 762. The second-order valence-electron chi connectivity index (χ2n) is 5.34. The molecule has 122 valence electrons. The zero-order chi connectivity index (χ0) is 16.9. The highest BCUT2D eigenvalue weighted by Gasteiger charge is 2.35. The van der Waals surface area contributed by atoms with Gasteiger partial charge in [-0.05, 0) is 17.7 Å². The first-order valence-corrected chi connectivity index (χ1v) is 8.39. The highest BCUT2D eigenvalue weighted by atomic mass is 32.2. The number of thioether (sulfide) groups is 1. The summed E-state index contributed by atoms with van der Waals surface area (Å²) in [6, 6.07) is 18.8. The number of amidine groups is 1. The number of hydrogen-bond acceptors (Lipinski definition) is 4. The Morgan fingerprint density at radius 3 is 2.38 bits per heavy atom. The summed E-state index contributed by atoms with van der Waals surface area (Å²) in [6.45, 7) is 0.380. The van der Waals surface area contributed by atoms with E-state index in [2.05, 4.69) is 4.99 Å². The van der Waals surface area contributed by atoms with Gasteiger partial charge in [-0.3, -0.25) is 14.5 Å². The number of nitrogens with zero attached hydrogens (tertiary/aromatic N) is 2. The van der Waals surface area contributed by atoms with Crippen LogP contribution in [0.25, 0.3) is 0 Å². The summed E-state index contributed by atoms with van der Waals surface area (Å²) in [5, 5.41) is 8.89. The van der Waals surface area contributed by atoms with Crippen molar-refractivity contribution in [3.63, 3.8) is 0 Å². The summed E-state index contributed by atoms with van der Waals surface area (Å²) in [4.78, 5) is 29.9. The van der Waals surface area contributed by atoms with Crippen molar-refractivity contribution in [3.8, 4) is 0 Å². The first-order chi connectivity index (χ1) is 11.6. The zero-order valence-electron chi connectivity index (χ0n) is 12.8. The molecule has 0 aliphatic carbocycles. The number of carbonyl (C=O) groups is 2. The second kappa shape index (κ2) is 7.31. The molecule has 2 aromatic carbocycles. The SMILES string of the molecule is O=C(O)C1CC(=O)N(Cc2ccccc2)C(=Nc2ccccc2)S1. The molecular formula is C18H16N2O3S. The maximum Gasteiger partial charge on any atom is 0.317 e. The Labute approximate surface area is 144 Å². The average molecular weight is 340 g/mol. The third-order valence-electron chi connectivity index (χ3n) is 3.58. The molecule has 1 heterocycles. The maximum absolute atomic E-state index is 12.5. The van der Waals surface area contributed by atoms with Crippen molar-refractivity contribution in [2.45, 2.75) is 18.2 Å². The van der Waals surface area contributed by atoms with E-state index < -0.39 is 11.2 Å². The van der Waals surface area contributed by atoms with Gasteiger partial charge in [0.15, 0.2) is 5.17 Å². The van der Waals surface area contributed by atoms with Crippen molar-refractivity contribution in [2.75, 3.05) is 0 Å². The summed E-state index contributed by atoms with van der Waals surface area (Å²) in [5.41, 5.74) is 1.66. The summed E-state index contributed by atoms with van der Waals surface area (Å²) < 4.78 is 0. The van der Waals surface area contributed by atoms with Gasteiger partial charge < -0.3 is 5.11 Å². The molecule has 0 aromatic heterocycles. The lowest BCUT2D eigenvalue weighted by Crippen LogP contribution is -2.43. The minimum absolute atomic E-state index is 0.0271. The molecule has 5 nitrogen and oxygen atoms in total. The van der Waals surface area contributed by atoms with E-state index >= 15 is 0 Å². The van der Waals surface area contributed by atoms with Gasteiger partial charge in [-0.1, -0.05) is 60.3 Å². The van der Waals surface area contributed by atoms with Gasteiger partial charge in [0.25, 0.3) is 0 Å². The standard InChI is InChI=1S/C18H16N2O3S/c21-16-11-15(17(22)23)24-18(19-14-9-5-2-6-10-14)20(16)12-13-7-3-1-4-8-13/h1-10,15H,11-12H2,(H,22,23). The van der Waals surface area contributed by atoms with Crippen molar-refractivity contribution in [3.05, 3.63) is 66.2 Å². The normalized spacial score (nSPS) is 19.5. The van der Waals surface area contributed by atoms with E-state index in [4.69, 9.17) is 0 Å². The van der Waals surface area contributed by atoms with E-state index in [-0.39, 0.29) is 12.3 Å². The van der Waals surface area contributed by atoms with Crippen molar-refractivity contribution in [1.82, 2.24) is 4.90 Å². The second-order valence-corrected chi connectivity index (χ2v) is 6.51. The molecule has 1 unspecified atom stereocenters. The molecule has 1 atom stereocenters. The van der Waals surface area contributed by atoms with Crippen LogP contribution in [0.4, 0.5) is 5.69 Å². The van der Waals surface area contributed by atoms with Gasteiger partial charge in [0, 0.05) is 0 Å². The van der Waals surface area contributed by atoms with Crippen LogP contribution < -0.4 is 0 Å². The molecular weight excluding hydrogens is 324 g/mol. The Hall–Kier alpha value is -2.60. The quantitative estimate of drug-likeness (QED) is 0.927. The molecule has 0 radical (unpaired) electrons. The molecule has 0 bridgehead atoms. The van der Waals surface area contributed by atoms with E-state index in [9.17, 15) is 14.7 Å². The van der Waals surface area contributed by atoms with Gasteiger partial charge in [-0.15, -0.1) is 0 Å². The Balaban J connectivity index is 1.92. The lowest BCUT2D eigenvalue weighted by atomic mass is 10.2. The smallest absolute Gasteiger partial charge is 0.317 e. The number of rotatable bonds is 4. The topological polar surface area (TPSA) is 70.0 Å². The van der Waals surface area contributed by atoms with Crippen LogP contribution in [-0.4, -0.2) is 32.3 Å². The van der Waals surface area contributed by atoms with Crippen molar-refractivity contribution >= 4 is 34.5 Å². The summed E-state index contributed by atoms with van der Waals surface area (Å²) in [5.74, 6) is -1.21. The van der Waals surface area contributed by atoms with E-state index in [0.717, 1.165) is 17.3 Å². The third kappa shape index (κ3) is 3.83. The molecule has 1 saturated heterocycles. The number of carbonyl (C=O) groups excluding carboxylic acids is 1. The van der Waals surface area contributed by atoms with Crippen LogP contribution in [0.1, 0.15) is 12.0 Å². The van der Waals surface area contributed by atoms with E-state index in [1.54, 1.807) is 4.90 Å². The predicted molar refractivity (Wildman–Crippen MR) is 94.2 cm³/mol.